The fraction of sp³-hybridized carbons (Fsp3) is 0.500. The predicted molar refractivity (Wildman–Crippen MR) is 66.5 cm³/mol. The van der Waals surface area contributed by atoms with E-state index in [0.29, 0.717) is 0 Å². The molecule has 1 heterocycles. The molecule has 15 heavy (non-hydrogen) atoms. The first kappa shape index (κ1) is 12.3. The lowest BCUT2D eigenvalue weighted by Crippen LogP contribution is -2.27. The smallest absolute Gasteiger partial charge is 0.0562 e. The molecule has 1 aromatic heterocycles. The van der Waals surface area contributed by atoms with E-state index in [9.17, 15) is 0 Å². The molecule has 1 atom stereocenters. The summed E-state index contributed by atoms with van der Waals surface area (Å²) in [4.78, 5) is 2.68. The van der Waals surface area contributed by atoms with Crippen LogP contribution >= 0.6 is 11.3 Å². The minimum absolute atomic E-state index is 0.239. The first-order chi connectivity index (χ1) is 7.19. The fourth-order valence-electron chi connectivity index (χ4n) is 1.42. The molecule has 0 aliphatic heterocycles. The predicted octanol–water partition coefficient (Wildman–Crippen LogP) is 2.67. The lowest BCUT2D eigenvalue weighted by Gasteiger charge is -2.11. The maximum atomic E-state index is 5.55. The molecule has 1 aromatic rings. The Bertz CT molecular complexity index is 351. The zero-order valence-corrected chi connectivity index (χ0v) is 10.4. The van der Waals surface area contributed by atoms with Crippen LogP contribution in [0, 0.1) is 25.7 Å². The molecule has 0 spiro atoms. The monoisotopic (exact) mass is 222 g/mol. The van der Waals surface area contributed by atoms with Gasteiger partial charge in [0.15, 0.2) is 0 Å². The summed E-state index contributed by atoms with van der Waals surface area (Å²) in [5, 5.41) is 0. The van der Waals surface area contributed by atoms with Crippen LogP contribution in [0.5, 0.6) is 0 Å². The maximum Gasteiger partial charge on any atom is 0.0562 e. The Morgan fingerprint density at radius 3 is 2.73 bits per heavy atom. The SMILES string of the molecule is CC#CCCC(NN)c1cc(C)c(C)s1. The van der Waals surface area contributed by atoms with Gasteiger partial charge in [-0.1, -0.05) is 0 Å². The zero-order chi connectivity index (χ0) is 11.3. The molecule has 0 saturated carbocycles. The number of nitrogens with one attached hydrogen (secondary N) is 1. The summed E-state index contributed by atoms with van der Waals surface area (Å²) in [6, 6.07) is 2.45. The standard InChI is InChI=1S/C12H18N2S/c1-4-5-6-7-11(14-13)12-8-9(2)10(3)15-12/h8,11,14H,6-7,13H2,1-3H3. The molecule has 0 aliphatic carbocycles. The van der Waals surface area contributed by atoms with Crippen molar-refractivity contribution in [1.29, 1.82) is 0 Å². The minimum atomic E-state index is 0.239. The number of rotatable bonds is 4. The Kier molecular flexibility index (Phi) is 4.83. The molecule has 2 nitrogen and oxygen atoms in total. The van der Waals surface area contributed by atoms with Crippen molar-refractivity contribution in [2.45, 2.75) is 39.7 Å². The summed E-state index contributed by atoms with van der Waals surface area (Å²) in [5.41, 5.74) is 4.20. The molecule has 0 radical (unpaired) electrons. The molecule has 0 aromatic carbocycles. The van der Waals surface area contributed by atoms with E-state index in [4.69, 9.17) is 5.84 Å². The quantitative estimate of drug-likeness (QED) is 0.467. The van der Waals surface area contributed by atoms with Gasteiger partial charge >= 0.3 is 0 Å². The second-order valence-corrected chi connectivity index (χ2v) is 4.86. The third-order valence-electron chi connectivity index (χ3n) is 2.46. The normalized spacial score (nSPS) is 12.0. The van der Waals surface area contributed by atoms with Crippen molar-refractivity contribution in [3.63, 3.8) is 0 Å². The van der Waals surface area contributed by atoms with Crippen LogP contribution in [0.15, 0.2) is 6.07 Å². The van der Waals surface area contributed by atoms with E-state index in [0.717, 1.165) is 12.8 Å². The minimum Gasteiger partial charge on any atom is -0.271 e. The van der Waals surface area contributed by atoms with Gasteiger partial charge in [-0.15, -0.1) is 23.2 Å². The highest BCUT2D eigenvalue weighted by Crippen LogP contribution is 2.28. The second-order valence-electron chi connectivity index (χ2n) is 3.57. The van der Waals surface area contributed by atoms with E-state index in [-0.39, 0.29) is 6.04 Å². The number of thiophene rings is 1. The molecule has 0 aliphatic rings. The van der Waals surface area contributed by atoms with Crippen molar-refractivity contribution < 1.29 is 0 Å². The van der Waals surface area contributed by atoms with Crippen LogP contribution in [0.2, 0.25) is 0 Å². The van der Waals surface area contributed by atoms with Crippen molar-refractivity contribution in [2.75, 3.05) is 0 Å². The van der Waals surface area contributed by atoms with Gasteiger partial charge in [0.1, 0.15) is 0 Å². The van der Waals surface area contributed by atoms with Crippen molar-refractivity contribution in [2.24, 2.45) is 5.84 Å². The van der Waals surface area contributed by atoms with Gasteiger partial charge in [-0.05, 0) is 38.8 Å². The van der Waals surface area contributed by atoms with Gasteiger partial charge in [0.25, 0.3) is 0 Å². The fourth-order valence-corrected chi connectivity index (χ4v) is 2.56. The average molecular weight is 222 g/mol. The molecular formula is C12H18N2S. The van der Waals surface area contributed by atoms with Gasteiger partial charge in [0, 0.05) is 16.2 Å². The third kappa shape index (κ3) is 3.35. The Balaban J connectivity index is 2.68. The van der Waals surface area contributed by atoms with Crippen LogP contribution in [0.25, 0.3) is 0 Å². The van der Waals surface area contributed by atoms with Gasteiger partial charge in [-0.25, -0.2) is 0 Å². The van der Waals surface area contributed by atoms with Crippen LogP contribution in [0.1, 0.15) is 41.1 Å². The summed E-state index contributed by atoms with van der Waals surface area (Å²) in [6.45, 7) is 6.14. The van der Waals surface area contributed by atoms with Crippen LogP contribution in [0.3, 0.4) is 0 Å². The van der Waals surface area contributed by atoms with Crippen molar-refractivity contribution in [3.05, 3.63) is 21.4 Å². The van der Waals surface area contributed by atoms with Crippen LogP contribution in [0.4, 0.5) is 0 Å². The van der Waals surface area contributed by atoms with E-state index in [1.807, 2.05) is 18.3 Å². The molecule has 82 valence electrons. The van der Waals surface area contributed by atoms with Gasteiger partial charge in [0.05, 0.1) is 6.04 Å². The van der Waals surface area contributed by atoms with Gasteiger partial charge in [-0.3, -0.25) is 11.3 Å². The summed E-state index contributed by atoms with van der Waals surface area (Å²) in [5.74, 6) is 11.5. The maximum absolute atomic E-state index is 5.55. The molecule has 0 bridgehead atoms. The van der Waals surface area contributed by atoms with E-state index in [1.165, 1.54) is 15.3 Å². The number of hydrazine groups is 1. The van der Waals surface area contributed by atoms with Crippen LogP contribution in [-0.2, 0) is 0 Å². The Hall–Kier alpha value is -0.820. The summed E-state index contributed by atoms with van der Waals surface area (Å²) >= 11 is 1.81. The first-order valence-corrected chi connectivity index (χ1v) is 5.93. The molecule has 0 amide bonds. The highest BCUT2D eigenvalue weighted by Gasteiger charge is 2.12. The molecule has 3 heteroatoms. The third-order valence-corrected chi connectivity index (χ3v) is 3.73. The molecule has 1 unspecified atom stereocenters. The van der Waals surface area contributed by atoms with E-state index in [1.54, 1.807) is 0 Å². The number of nitrogens with two attached hydrogens (primary N) is 1. The lowest BCUT2D eigenvalue weighted by molar-refractivity contribution is 0.531. The Morgan fingerprint density at radius 2 is 2.27 bits per heavy atom. The van der Waals surface area contributed by atoms with Crippen LogP contribution < -0.4 is 11.3 Å². The lowest BCUT2D eigenvalue weighted by atomic mass is 10.1. The first-order valence-electron chi connectivity index (χ1n) is 5.11. The van der Waals surface area contributed by atoms with E-state index < -0.39 is 0 Å². The largest absolute Gasteiger partial charge is 0.271 e. The second kappa shape index (κ2) is 5.92. The molecule has 1 rings (SSSR count). The molecule has 0 saturated heterocycles. The zero-order valence-electron chi connectivity index (χ0n) is 9.55. The van der Waals surface area contributed by atoms with Crippen LogP contribution in [-0.4, -0.2) is 0 Å². The number of hydrogen-bond acceptors (Lipinski definition) is 3. The molecule has 0 fully saturated rings. The van der Waals surface area contributed by atoms with Crippen molar-refractivity contribution in [1.82, 2.24) is 5.43 Å². The highest BCUT2D eigenvalue weighted by molar-refractivity contribution is 7.12. The highest BCUT2D eigenvalue weighted by atomic mass is 32.1. The van der Waals surface area contributed by atoms with Gasteiger partial charge in [-0.2, -0.15) is 0 Å². The van der Waals surface area contributed by atoms with Gasteiger partial charge < -0.3 is 0 Å². The summed E-state index contributed by atoms with van der Waals surface area (Å²) in [7, 11) is 0. The summed E-state index contributed by atoms with van der Waals surface area (Å²) < 4.78 is 0. The Labute approximate surface area is 95.9 Å². The molecular weight excluding hydrogens is 204 g/mol. The number of hydrogen-bond donors (Lipinski definition) is 2. The van der Waals surface area contributed by atoms with Crippen molar-refractivity contribution >= 4 is 11.3 Å². The van der Waals surface area contributed by atoms with E-state index >= 15 is 0 Å². The average Bonchev–Trinajstić information content (AvgIpc) is 2.54. The summed E-state index contributed by atoms with van der Waals surface area (Å²) in [6.07, 6.45) is 1.86. The number of aryl methyl sites for hydroxylation is 2. The molecule has 3 N–H and O–H groups in total. The Morgan fingerprint density at radius 1 is 1.53 bits per heavy atom. The topological polar surface area (TPSA) is 38.0 Å². The van der Waals surface area contributed by atoms with E-state index in [2.05, 4.69) is 37.2 Å². The van der Waals surface area contributed by atoms with Gasteiger partial charge in [0.2, 0.25) is 0 Å². The van der Waals surface area contributed by atoms with Crippen molar-refractivity contribution in [3.8, 4) is 11.8 Å².